The number of hydrogen-bond acceptors (Lipinski definition) is 3. The number of aliphatic hydroxyl groups is 1. The second kappa shape index (κ2) is 9.90. The van der Waals surface area contributed by atoms with Gasteiger partial charge in [-0.25, -0.2) is 0 Å². The number of halogens is 2. The molecule has 3 nitrogen and oxygen atoms in total. The van der Waals surface area contributed by atoms with Crippen molar-refractivity contribution in [2.75, 3.05) is 0 Å². The smallest absolute Gasteiger partial charge is 0.155 e. The fourth-order valence-electron chi connectivity index (χ4n) is 2.14. The summed E-state index contributed by atoms with van der Waals surface area (Å²) >= 11 is 0. The van der Waals surface area contributed by atoms with Crippen LogP contribution in [0.3, 0.4) is 0 Å². The molecule has 1 radical (unpaired) electrons. The number of fused-ring (bicyclic) bond motifs is 1. The first-order valence-corrected chi connectivity index (χ1v) is 7.47. The number of pyridine rings is 1. The van der Waals surface area contributed by atoms with E-state index in [1.165, 1.54) is 19.9 Å². The van der Waals surface area contributed by atoms with E-state index in [0.29, 0.717) is 5.69 Å². The first kappa shape index (κ1) is 21.6. The molecule has 137 valence electrons. The van der Waals surface area contributed by atoms with Gasteiger partial charge >= 0.3 is 0 Å². The number of benzene rings is 2. The van der Waals surface area contributed by atoms with Gasteiger partial charge in [-0.15, -0.1) is 12.1 Å². The molecule has 0 aliphatic carbocycles. The predicted octanol–water partition coefficient (Wildman–Crippen LogP) is 5.01. The molecule has 1 N–H and O–H groups in total. The Kier molecular flexibility index (Phi) is 8.23. The maximum atomic E-state index is 13.6. The molecule has 6 heteroatoms. The summed E-state index contributed by atoms with van der Waals surface area (Å²) in [4.78, 5) is 14.4. The number of hydrogen-bond donors (Lipinski definition) is 1. The van der Waals surface area contributed by atoms with Gasteiger partial charge in [-0.1, -0.05) is 42.0 Å². The zero-order chi connectivity index (χ0) is 18.4. The molecule has 0 aliphatic heterocycles. The van der Waals surface area contributed by atoms with Gasteiger partial charge in [-0.3, -0.25) is 18.6 Å². The number of carbonyl (C=O) groups excluding carboxylic acids is 1. The molecule has 0 atom stereocenters. The fourth-order valence-corrected chi connectivity index (χ4v) is 2.14. The molecule has 0 unspecified atom stereocenters. The Labute approximate surface area is 163 Å². The number of rotatable bonds is 2. The Morgan fingerprint density at radius 2 is 1.85 bits per heavy atom. The third kappa shape index (κ3) is 6.13. The largest absolute Gasteiger partial charge is 0.512 e. The van der Waals surface area contributed by atoms with Crippen LogP contribution in [0.2, 0.25) is 0 Å². The molecular formula is C20H16F2IrNO2-. The van der Waals surface area contributed by atoms with Gasteiger partial charge in [0, 0.05) is 37.8 Å². The molecule has 0 amide bonds. The van der Waals surface area contributed by atoms with Gasteiger partial charge in [0.1, 0.15) is 0 Å². The molecule has 0 saturated heterocycles. The molecular weight excluding hydrogens is 516 g/mol. The molecule has 0 bridgehead atoms. The van der Waals surface area contributed by atoms with E-state index >= 15 is 0 Å². The summed E-state index contributed by atoms with van der Waals surface area (Å²) in [7, 11) is 0. The minimum Gasteiger partial charge on any atom is -0.512 e. The van der Waals surface area contributed by atoms with Crippen molar-refractivity contribution in [2.24, 2.45) is 0 Å². The molecule has 1 aromatic heterocycles. The van der Waals surface area contributed by atoms with E-state index in [-0.39, 0.29) is 37.2 Å². The van der Waals surface area contributed by atoms with Gasteiger partial charge in [0.25, 0.3) is 0 Å². The van der Waals surface area contributed by atoms with E-state index in [0.717, 1.165) is 23.0 Å². The Bertz CT molecular complexity index is 938. The van der Waals surface area contributed by atoms with Crippen molar-refractivity contribution in [1.82, 2.24) is 4.98 Å². The van der Waals surface area contributed by atoms with Crippen molar-refractivity contribution in [3.63, 3.8) is 0 Å². The summed E-state index contributed by atoms with van der Waals surface area (Å²) in [6.07, 6.45) is 1.17. The van der Waals surface area contributed by atoms with Crippen molar-refractivity contribution >= 4 is 16.7 Å². The summed E-state index contributed by atoms with van der Waals surface area (Å²) in [5.74, 6) is -1.36. The van der Waals surface area contributed by atoms with Crippen LogP contribution in [-0.4, -0.2) is 15.9 Å². The van der Waals surface area contributed by atoms with Gasteiger partial charge < -0.3 is 5.11 Å². The average Bonchev–Trinajstić information content (AvgIpc) is 2.54. The number of allylic oxidation sites excluding steroid dienone is 2. The molecule has 26 heavy (non-hydrogen) atoms. The Morgan fingerprint density at radius 1 is 1.15 bits per heavy atom. The van der Waals surface area contributed by atoms with Gasteiger partial charge in [0.2, 0.25) is 0 Å². The van der Waals surface area contributed by atoms with Gasteiger partial charge in [0.15, 0.2) is 5.78 Å². The van der Waals surface area contributed by atoms with Crippen LogP contribution in [0.4, 0.5) is 8.78 Å². The number of para-hydroxylation sites is 1. The van der Waals surface area contributed by atoms with E-state index in [9.17, 15) is 13.6 Å². The third-order valence-electron chi connectivity index (χ3n) is 3.12. The molecule has 3 rings (SSSR count). The SMILES string of the molecule is CC(=O)/C=C(/C)O.Fc1c[c-]c(-c2ccc3ccccc3n2)c(F)c1.[Ir]. The number of aliphatic hydroxyl groups excluding tert-OH is 1. The summed E-state index contributed by atoms with van der Waals surface area (Å²) < 4.78 is 26.4. The van der Waals surface area contributed by atoms with Crippen LogP contribution < -0.4 is 0 Å². The molecule has 0 spiro atoms. The Hall–Kier alpha value is -2.43. The Balaban J connectivity index is 0.000000366. The normalized spacial score (nSPS) is 10.5. The van der Waals surface area contributed by atoms with E-state index in [1.807, 2.05) is 30.3 Å². The van der Waals surface area contributed by atoms with Crippen LogP contribution >= 0.6 is 0 Å². The first-order chi connectivity index (χ1) is 11.9. The number of carbonyl (C=O) groups is 1. The monoisotopic (exact) mass is 533 g/mol. The zero-order valence-corrected chi connectivity index (χ0v) is 16.5. The quantitative estimate of drug-likeness (QED) is 0.287. The fraction of sp³-hybridized carbons (Fsp3) is 0.100. The van der Waals surface area contributed by atoms with Crippen LogP contribution in [0.15, 0.2) is 60.4 Å². The zero-order valence-electron chi connectivity index (χ0n) is 14.1. The van der Waals surface area contributed by atoms with Crippen molar-refractivity contribution in [2.45, 2.75) is 13.8 Å². The van der Waals surface area contributed by atoms with Gasteiger partial charge in [-0.05, 0) is 31.0 Å². The molecule has 0 fully saturated rings. The van der Waals surface area contributed by atoms with Crippen LogP contribution in [0.5, 0.6) is 0 Å². The topological polar surface area (TPSA) is 50.2 Å². The van der Waals surface area contributed by atoms with Crippen LogP contribution in [0, 0.1) is 17.7 Å². The molecule has 1 heterocycles. The average molecular weight is 533 g/mol. The number of ketones is 1. The second-order valence-corrected chi connectivity index (χ2v) is 5.33. The van der Waals surface area contributed by atoms with Crippen LogP contribution in [0.25, 0.3) is 22.2 Å². The molecule has 3 aromatic rings. The molecule has 0 saturated carbocycles. The number of aromatic nitrogens is 1. The minimum absolute atomic E-state index is 0. The van der Waals surface area contributed by atoms with E-state index < -0.39 is 11.6 Å². The maximum Gasteiger partial charge on any atom is 0.155 e. The van der Waals surface area contributed by atoms with E-state index in [1.54, 1.807) is 6.07 Å². The molecule has 0 aliphatic rings. The van der Waals surface area contributed by atoms with Crippen molar-refractivity contribution in [3.05, 3.63) is 78.1 Å². The van der Waals surface area contributed by atoms with Crippen molar-refractivity contribution < 1.29 is 38.8 Å². The summed E-state index contributed by atoms with van der Waals surface area (Å²) in [6, 6.07) is 15.6. The van der Waals surface area contributed by atoms with Crippen molar-refractivity contribution in [1.29, 1.82) is 0 Å². The first-order valence-electron chi connectivity index (χ1n) is 7.47. The summed E-state index contributed by atoms with van der Waals surface area (Å²) in [5.41, 5.74) is 1.40. The standard InChI is InChI=1S/C15H8F2N.C5H8O2.Ir/c16-11-6-7-12(13(17)9-11)15-8-5-10-3-1-2-4-14(10)18-15;1-4(6)3-5(2)7;/h1-6,8-9H;3,6H,1-2H3;/q-1;;/b;4-3-;. The predicted molar refractivity (Wildman–Crippen MR) is 93.0 cm³/mol. The van der Waals surface area contributed by atoms with E-state index in [4.69, 9.17) is 5.11 Å². The van der Waals surface area contributed by atoms with Gasteiger partial charge in [-0.2, -0.15) is 0 Å². The second-order valence-electron chi connectivity index (χ2n) is 5.33. The van der Waals surface area contributed by atoms with Crippen LogP contribution in [-0.2, 0) is 24.9 Å². The summed E-state index contributed by atoms with van der Waals surface area (Å²) in [5, 5.41) is 9.34. The Morgan fingerprint density at radius 3 is 2.42 bits per heavy atom. The van der Waals surface area contributed by atoms with Gasteiger partial charge in [0.05, 0.1) is 11.3 Å². The van der Waals surface area contributed by atoms with Crippen LogP contribution in [0.1, 0.15) is 13.8 Å². The number of nitrogens with zero attached hydrogens (tertiary/aromatic N) is 1. The van der Waals surface area contributed by atoms with Crippen molar-refractivity contribution in [3.8, 4) is 11.3 Å². The molecule has 2 aromatic carbocycles. The minimum atomic E-state index is -0.655. The third-order valence-corrected chi connectivity index (χ3v) is 3.12. The summed E-state index contributed by atoms with van der Waals surface area (Å²) in [6.45, 7) is 2.85. The maximum absolute atomic E-state index is 13.6. The van der Waals surface area contributed by atoms with E-state index in [2.05, 4.69) is 11.1 Å².